The number of unbranched alkanes of at least 4 members (excludes halogenated alkanes) is 1. The average Bonchev–Trinajstić information content (AvgIpc) is 2.55. The van der Waals surface area contributed by atoms with Crippen LogP contribution in [0.5, 0.6) is 0 Å². The third-order valence-corrected chi connectivity index (χ3v) is 3.97. The number of hydrogen-bond acceptors (Lipinski definition) is 3. The highest BCUT2D eigenvalue weighted by Crippen LogP contribution is 2.17. The molecule has 0 aromatic heterocycles. The molecule has 1 aromatic carbocycles. The molecule has 0 spiro atoms. The van der Waals surface area contributed by atoms with Crippen molar-refractivity contribution in [2.45, 2.75) is 32.1 Å². The van der Waals surface area contributed by atoms with Crippen LogP contribution < -0.4 is 5.73 Å². The zero-order valence-electron chi connectivity index (χ0n) is 12.6. The Labute approximate surface area is 127 Å². The molecule has 1 aromatic rings. The van der Waals surface area contributed by atoms with Crippen LogP contribution >= 0.6 is 0 Å². The summed E-state index contributed by atoms with van der Waals surface area (Å²) in [4.78, 5) is 17.8. The van der Waals surface area contributed by atoms with Crippen LogP contribution in [0.4, 0.5) is 0 Å². The zero-order chi connectivity index (χ0) is 14.9. The standard InChI is InChI=1S/C17H25N3O/c18-14-20-12-6-10-16(13-21)17(20)19-11-5-4-9-15-7-2-1-3-8-15/h1-3,7-8,13,16H,4-6,9-12,14,18H2/b19-17-. The molecular weight excluding hydrogens is 262 g/mol. The fourth-order valence-electron chi connectivity index (χ4n) is 2.79. The van der Waals surface area contributed by atoms with Gasteiger partial charge in [0.25, 0.3) is 0 Å². The molecule has 4 heteroatoms. The number of carbonyl (C=O) groups excluding carboxylic acids is 1. The highest BCUT2D eigenvalue weighted by atomic mass is 16.1. The van der Waals surface area contributed by atoms with Crippen LogP contribution in [-0.4, -0.2) is 36.8 Å². The van der Waals surface area contributed by atoms with E-state index in [2.05, 4.69) is 29.3 Å². The minimum absolute atomic E-state index is 0.0589. The molecule has 2 N–H and O–H groups in total. The fraction of sp³-hybridized carbons (Fsp3) is 0.529. The van der Waals surface area contributed by atoms with E-state index in [-0.39, 0.29) is 5.92 Å². The number of amidine groups is 1. The summed E-state index contributed by atoms with van der Waals surface area (Å²) in [5.74, 6) is 0.842. The van der Waals surface area contributed by atoms with Crippen molar-refractivity contribution >= 4 is 12.1 Å². The second-order valence-corrected chi connectivity index (χ2v) is 5.51. The van der Waals surface area contributed by atoms with Gasteiger partial charge in [-0.25, -0.2) is 0 Å². The molecule has 21 heavy (non-hydrogen) atoms. The van der Waals surface area contributed by atoms with Gasteiger partial charge >= 0.3 is 0 Å². The monoisotopic (exact) mass is 287 g/mol. The van der Waals surface area contributed by atoms with Gasteiger partial charge in [0.1, 0.15) is 12.1 Å². The normalized spacial score (nSPS) is 20.7. The minimum Gasteiger partial charge on any atom is -0.347 e. The number of nitrogens with zero attached hydrogens (tertiary/aromatic N) is 2. The number of rotatable bonds is 7. The van der Waals surface area contributed by atoms with Crippen molar-refractivity contribution < 1.29 is 4.79 Å². The summed E-state index contributed by atoms with van der Waals surface area (Å²) in [6, 6.07) is 10.5. The van der Waals surface area contributed by atoms with Crippen molar-refractivity contribution in [1.82, 2.24) is 4.90 Å². The van der Waals surface area contributed by atoms with E-state index in [1.807, 2.05) is 11.0 Å². The molecule has 4 nitrogen and oxygen atoms in total. The third kappa shape index (κ3) is 4.67. The maximum Gasteiger partial charge on any atom is 0.130 e. The molecule has 1 atom stereocenters. The number of piperidine rings is 1. The molecular formula is C17H25N3O. The third-order valence-electron chi connectivity index (χ3n) is 3.97. The molecule has 0 bridgehead atoms. The highest BCUT2D eigenvalue weighted by molar-refractivity contribution is 5.96. The molecule has 114 valence electrons. The van der Waals surface area contributed by atoms with Crippen molar-refractivity contribution in [2.24, 2.45) is 16.6 Å². The number of aldehydes is 1. The van der Waals surface area contributed by atoms with Crippen LogP contribution in [0.1, 0.15) is 31.2 Å². The van der Waals surface area contributed by atoms with Gasteiger partial charge in [0.15, 0.2) is 0 Å². The van der Waals surface area contributed by atoms with Gasteiger partial charge in [-0.1, -0.05) is 30.3 Å². The minimum atomic E-state index is -0.0589. The van der Waals surface area contributed by atoms with E-state index < -0.39 is 0 Å². The molecule has 1 aliphatic heterocycles. The first-order valence-corrected chi connectivity index (χ1v) is 7.83. The largest absolute Gasteiger partial charge is 0.347 e. The Morgan fingerprint density at radius 1 is 1.29 bits per heavy atom. The molecule has 1 saturated heterocycles. The average molecular weight is 287 g/mol. The van der Waals surface area contributed by atoms with E-state index in [0.717, 1.165) is 57.3 Å². The second-order valence-electron chi connectivity index (χ2n) is 5.51. The van der Waals surface area contributed by atoms with E-state index in [4.69, 9.17) is 5.73 Å². The molecule has 1 heterocycles. The second kappa shape index (κ2) is 8.57. The van der Waals surface area contributed by atoms with E-state index in [0.29, 0.717) is 6.67 Å². The van der Waals surface area contributed by atoms with Gasteiger partial charge in [0.2, 0.25) is 0 Å². The van der Waals surface area contributed by atoms with Gasteiger partial charge in [-0.05, 0) is 37.7 Å². The quantitative estimate of drug-likeness (QED) is 0.618. The maximum atomic E-state index is 11.2. The lowest BCUT2D eigenvalue weighted by atomic mass is 9.98. The zero-order valence-corrected chi connectivity index (χ0v) is 12.6. The Morgan fingerprint density at radius 3 is 2.81 bits per heavy atom. The van der Waals surface area contributed by atoms with Gasteiger partial charge in [-0.15, -0.1) is 0 Å². The van der Waals surface area contributed by atoms with Crippen molar-refractivity contribution in [1.29, 1.82) is 0 Å². The van der Waals surface area contributed by atoms with Crippen molar-refractivity contribution in [2.75, 3.05) is 19.8 Å². The van der Waals surface area contributed by atoms with Gasteiger partial charge in [-0.3, -0.25) is 4.99 Å². The number of hydrogen-bond donors (Lipinski definition) is 1. The molecule has 1 aliphatic rings. The van der Waals surface area contributed by atoms with Crippen LogP contribution in [0.2, 0.25) is 0 Å². The van der Waals surface area contributed by atoms with E-state index in [9.17, 15) is 4.79 Å². The summed E-state index contributed by atoms with van der Waals surface area (Å²) in [7, 11) is 0. The van der Waals surface area contributed by atoms with Crippen LogP contribution in [0.25, 0.3) is 0 Å². The van der Waals surface area contributed by atoms with Crippen molar-refractivity contribution in [3.05, 3.63) is 35.9 Å². The van der Waals surface area contributed by atoms with Gasteiger partial charge in [-0.2, -0.15) is 0 Å². The molecule has 0 saturated carbocycles. The number of likely N-dealkylation sites (tertiary alicyclic amines) is 1. The van der Waals surface area contributed by atoms with Crippen LogP contribution in [0.15, 0.2) is 35.3 Å². The lowest BCUT2D eigenvalue weighted by Gasteiger charge is -2.32. The van der Waals surface area contributed by atoms with Gasteiger partial charge in [0.05, 0.1) is 12.6 Å². The molecule has 2 rings (SSSR count). The summed E-state index contributed by atoms with van der Waals surface area (Å²) in [6.45, 7) is 2.15. The maximum absolute atomic E-state index is 11.2. The Morgan fingerprint density at radius 2 is 2.10 bits per heavy atom. The van der Waals surface area contributed by atoms with Crippen LogP contribution in [0, 0.1) is 5.92 Å². The Kier molecular flexibility index (Phi) is 6.41. The summed E-state index contributed by atoms with van der Waals surface area (Å²) in [6.07, 6.45) is 6.20. The first-order chi connectivity index (χ1) is 10.3. The number of carbonyl (C=O) groups is 1. The lowest BCUT2D eigenvalue weighted by molar-refractivity contribution is -0.110. The molecule has 0 amide bonds. The van der Waals surface area contributed by atoms with E-state index in [1.54, 1.807) is 0 Å². The van der Waals surface area contributed by atoms with Crippen LogP contribution in [-0.2, 0) is 11.2 Å². The van der Waals surface area contributed by atoms with Crippen molar-refractivity contribution in [3.8, 4) is 0 Å². The fourth-order valence-corrected chi connectivity index (χ4v) is 2.79. The summed E-state index contributed by atoms with van der Waals surface area (Å²) in [5.41, 5.74) is 7.12. The Hall–Kier alpha value is -1.68. The first kappa shape index (κ1) is 15.7. The molecule has 0 radical (unpaired) electrons. The van der Waals surface area contributed by atoms with Gasteiger partial charge < -0.3 is 15.4 Å². The molecule has 0 aliphatic carbocycles. The smallest absolute Gasteiger partial charge is 0.130 e. The number of nitrogens with two attached hydrogens (primary N) is 1. The van der Waals surface area contributed by atoms with Crippen LogP contribution in [0.3, 0.4) is 0 Å². The summed E-state index contributed by atoms with van der Waals surface area (Å²) < 4.78 is 0. The Bertz CT molecular complexity index is 458. The SMILES string of the molecule is NCN1CCCC(C=O)/C1=N/CCCCc1ccccc1. The first-order valence-electron chi connectivity index (χ1n) is 7.83. The predicted molar refractivity (Wildman–Crippen MR) is 86.2 cm³/mol. The van der Waals surface area contributed by atoms with Crippen molar-refractivity contribution in [3.63, 3.8) is 0 Å². The Balaban J connectivity index is 1.79. The van der Waals surface area contributed by atoms with E-state index in [1.165, 1.54) is 5.56 Å². The summed E-state index contributed by atoms with van der Waals surface area (Å²) in [5, 5.41) is 0. The highest BCUT2D eigenvalue weighted by Gasteiger charge is 2.24. The van der Waals surface area contributed by atoms with Gasteiger partial charge in [0, 0.05) is 13.1 Å². The van der Waals surface area contributed by atoms with E-state index >= 15 is 0 Å². The molecule has 1 fully saturated rings. The predicted octanol–water partition coefficient (Wildman–Crippen LogP) is 2.23. The number of aliphatic imine (C=N–C) groups is 1. The number of benzene rings is 1. The molecule has 1 unspecified atom stereocenters. The lowest BCUT2D eigenvalue weighted by Crippen LogP contribution is -2.45. The summed E-state index contributed by atoms with van der Waals surface area (Å²) >= 11 is 0. The topological polar surface area (TPSA) is 58.7 Å². The number of aryl methyl sites for hydroxylation is 1.